The molecule has 2 aromatic rings. The monoisotopic (exact) mass is 419 g/mol. The van der Waals surface area contributed by atoms with Crippen LogP contribution in [0, 0.1) is 0 Å². The molecule has 6 heteroatoms. The normalized spacial score (nSPS) is 21.9. The average molecular weight is 420 g/mol. The number of rotatable bonds is 3. The number of aromatic nitrogens is 1. The van der Waals surface area contributed by atoms with Crippen molar-refractivity contribution in [2.24, 2.45) is 0 Å². The van der Waals surface area contributed by atoms with Gasteiger partial charge in [0, 0.05) is 37.1 Å². The fourth-order valence-electron chi connectivity index (χ4n) is 4.11. The van der Waals surface area contributed by atoms with Crippen molar-refractivity contribution in [3.05, 3.63) is 28.4 Å². The van der Waals surface area contributed by atoms with E-state index in [-0.39, 0.29) is 18.1 Å². The summed E-state index contributed by atoms with van der Waals surface area (Å²) in [7, 11) is 0. The number of amides is 1. The molecule has 0 radical (unpaired) electrons. The number of carbonyl (C=O) groups excluding carboxylic acids is 1. The van der Waals surface area contributed by atoms with Crippen LogP contribution in [0.5, 0.6) is 5.75 Å². The van der Waals surface area contributed by atoms with E-state index < -0.39 is 0 Å². The Kier molecular flexibility index (Phi) is 4.73. The molecule has 1 amide bonds. The summed E-state index contributed by atoms with van der Waals surface area (Å²) in [5.74, 6) is 0.868. The molecule has 26 heavy (non-hydrogen) atoms. The number of carbonyl (C=O) groups is 1. The number of piperidine rings is 1. The van der Waals surface area contributed by atoms with Crippen molar-refractivity contribution >= 4 is 32.7 Å². The lowest BCUT2D eigenvalue weighted by Crippen LogP contribution is -2.41. The molecule has 1 saturated heterocycles. The minimum absolute atomic E-state index is 0.0188. The molecule has 1 fully saturated rings. The number of halogens is 1. The van der Waals surface area contributed by atoms with Gasteiger partial charge in [0.2, 0.25) is 0 Å². The average Bonchev–Trinajstić information content (AvgIpc) is 2.92. The topological polar surface area (TPSA) is 46.5 Å². The summed E-state index contributed by atoms with van der Waals surface area (Å²) >= 11 is 3.64. The van der Waals surface area contributed by atoms with Crippen LogP contribution in [0.4, 0.5) is 0 Å². The molecule has 140 valence electrons. The fraction of sp³-hybridized carbons (Fsp3) is 0.550. The number of hydrogen-bond acceptors (Lipinski definition) is 3. The second-order valence-electron chi connectivity index (χ2n) is 7.72. The van der Waals surface area contributed by atoms with E-state index in [4.69, 9.17) is 4.74 Å². The van der Waals surface area contributed by atoms with Crippen LogP contribution in [0.15, 0.2) is 22.7 Å². The van der Waals surface area contributed by atoms with Crippen LogP contribution < -0.4 is 10.1 Å². The van der Waals surface area contributed by atoms with Gasteiger partial charge in [0.1, 0.15) is 17.5 Å². The molecule has 5 nitrogen and oxygen atoms in total. The summed E-state index contributed by atoms with van der Waals surface area (Å²) in [6.07, 6.45) is 2.38. The van der Waals surface area contributed by atoms with Gasteiger partial charge in [-0.25, -0.2) is 0 Å². The third-order valence-electron chi connectivity index (χ3n) is 5.64. The van der Waals surface area contributed by atoms with Crippen LogP contribution in [0.2, 0.25) is 0 Å². The SMILES string of the molecule is CC(C)N1CCC(Oc2ccc3c(c2)c(Br)c2n3C(C)CNC2=O)CC1. The lowest BCUT2D eigenvalue weighted by molar-refractivity contribution is 0.0844. The second kappa shape index (κ2) is 6.89. The van der Waals surface area contributed by atoms with Crippen LogP contribution in [-0.4, -0.2) is 47.2 Å². The van der Waals surface area contributed by atoms with E-state index in [9.17, 15) is 4.79 Å². The predicted octanol–water partition coefficient (Wildman–Crippen LogP) is 3.96. The number of ether oxygens (including phenoxy) is 1. The van der Waals surface area contributed by atoms with Gasteiger partial charge in [-0.15, -0.1) is 0 Å². The molecule has 0 saturated carbocycles. The van der Waals surface area contributed by atoms with Gasteiger partial charge in [-0.1, -0.05) is 0 Å². The van der Waals surface area contributed by atoms with Crippen LogP contribution in [0.1, 0.15) is 50.1 Å². The third kappa shape index (κ3) is 3.03. The first kappa shape index (κ1) is 17.9. The highest BCUT2D eigenvalue weighted by molar-refractivity contribution is 9.10. The maximum Gasteiger partial charge on any atom is 0.269 e. The highest BCUT2D eigenvalue weighted by Gasteiger charge is 2.29. The van der Waals surface area contributed by atoms with Gasteiger partial charge in [0.25, 0.3) is 5.91 Å². The van der Waals surface area contributed by atoms with Crippen molar-refractivity contribution in [3.8, 4) is 5.75 Å². The quantitative estimate of drug-likeness (QED) is 0.818. The minimum atomic E-state index is -0.0188. The van der Waals surface area contributed by atoms with Gasteiger partial charge in [-0.3, -0.25) is 4.79 Å². The fourth-order valence-corrected chi connectivity index (χ4v) is 4.80. The summed E-state index contributed by atoms with van der Waals surface area (Å²) in [4.78, 5) is 14.8. The largest absolute Gasteiger partial charge is 0.490 e. The van der Waals surface area contributed by atoms with E-state index in [0.717, 1.165) is 47.1 Å². The van der Waals surface area contributed by atoms with Gasteiger partial charge in [0.15, 0.2) is 0 Å². The van der Waals surface area contributed by atoms with Crippen molar-refractivity contribution in [3.63, 3.8) is 0 Å². The molecule has 0 aliphatic carbocycles. The zero-order valence-corrected chi connectivity index (χ0v) is 17.2. The van der Waals surface area contributed by atoms with E-state index in [2.05, 4.69) is 63.6 Å². The molecular formula is C20H26BrN3O2. The number of fused-ring (bicyclic) bond motifs is 3. The van der Waals surface area contributed by atoms with Gasteiger partial charge in [0.05, 0.1) is 9.99 Å². The molecule has 1 N–H and O–H groups in total. The van der Waals surface area contributed by atoms with E-state index in [1.807, 2.05) is 6.07 Å². The second-order valence-corrected chi connectivity index (χ2v) is 8.51. The highest BCUT2D eigenvalue weighted by atomic mass is 79.9. The number of hydrogen-bond donors (Lipinski definition) is 1. The van der Waals surface area contributed by atoms with Gasteiger partial charge in [-0.2, -0.15) is 0 Å². The number of nitrogens with one attached hydrogen (secondary N) is 1. The molecule has 1 atom stereocenters. The summed E-state index contributed by atoms with van der Waals surface area (Å²) in [5, 5.41) is 4.00. The maximum absolute atomic E-state index is 12.3. The summed E-state index contributed by atoms with van der Waals surface area (Å²) < 4.78 is 9.26. The van der Waals surface area contributed by atoms with Crippen molar-refractivity contribution in [1.82, 2.24) is 14.8 Å². The minimum Gasteiger partial charge on any atom is -0.490 e. The molecule has 1 aromatic carbocycles. The van der Waals surface area contributed by atoms with Crippen molar-refractivity contribution < 1.29 is 9.53 Å². The Hall–Kier alpha value is -1.53. The molecule has 1 unspecified atom stereocenters. The zero-order chi connectivity index (χ0) is 18.4. The molecule has 2 aliphatic heterocycles. The van der Waals surface area contributed by atoms with E-state index in [0.29, 0.717) is 18.3 Å². The molecular weight excluding hydrogens is 394 g/mol. The maximum atomic E-state index is 12.3. The first-order valence-corrected chi connectivity index (χ1v) is 10.3. The molecule has 2 aliphatic rings. The predicted molar refractivity (Wildman–Crippen MR) is 107 cm³/mol. The van der Waals surface area contributed by atoms with E-state index >= 15 is 0 Å². The summed E-state index contributed by atoms with van der Waals surface area (Å²) in [5.41, 5.74) is 1.79. The van der Waals surface area contributed by atoms with Crippen LogP contribution >= 0.6 is 15.9 Å². The first-order chi connectivity index (χ1) is 12.5. The Morgan fingerprint density at radius 2 is 2.00 bits per heavy atom. The standard InChI is InChI=1S/C20H26BrN3O2/c1-12(2)23-8-6-14(7-9-23)26-15-4-5-17-16(10-15)18(21)19-20(25)22-11-13(3)24(17)19/h4-5,10,12-14H,6-9,11H2,1-3H3,(H,22,25). The Bertz CT molecular complexity index is 837. The van der Waals surface area contributed by atoms with Gasteiger partial charge < -0.3 is 19.5 Å². The highest BCUT2D eigenvalue weighted by Crippen LogP contribution is 2.37. The molecule has 4 rings (SSSR count). The van der Waals surface area contributed by atoms with Crippen molar-refractivity contribution in [2.45, 2.75) is 51.8 Å². The van der Waals surface area contributed by atoms with E-state index in [1.165, 1.54) is 0 Å². The molecule has 3 heterocycles. The van der Waals surface area contributed by atoms with Crippen molar-refractivity contribution in [1.29, 1.82) is 0 Å². The van der Waals surface area contributed by atoms with Crippen LogP contribution in [-0.2, 0) is 0 Å². The summed E-state index contributed by atoms with van der Waals surface area (Å²) in [6.45, 7) is 9.46. The number of likely N-dealkylation sites (tertiary alicyclic amines) is 1. The number of benzene rings is 1. The summed E-state index contributed by atoms with van der Waals surface area (Å²) in [6, 6.07) is 7.03. The van der Waals surface area contributed by atoms with Gasteiger partial charge >= 0.3 is 0 Å². The lowest BCUT2D eigenvalue weighted by Gasteiger charge is -2.34. The van der Waals surface area contributed by atoms with Crippen LogP contribution in [0.3, 0.4) is 0 Å². The number of nitrogens with zero attached hydrogens (tertiary/aromatic N) is 2. The Morgan fingerprint density at radius 3 is 2.69 bits per heavy atom. The molecule has 1 aromatic heterocycles. The van der Waals surface area contributed by atoms with Gasteiger partial charge in [-0.05, 0) is 67.7 Å². The Labute approximate surface area is 162 Å². The zero-order valence-electron chi connectivity index (χ0n) is 15.6. The third-order valence-corrected chi connectivity index (χ3v) is 6.44. The van der Waals surface area contributed by atoms with E-state index in [1.54, 1.807) is 0 Å². The van der Waals surface area contributed by atoms with Crippen molar-refractivity contribution in [2.75, 3.05) is 19.6 Å². The van der Waals surface area contributed by atoms with Crippen LogP contribution in [0.25, 0.3) is 10.9 Å². The first-order valence-electron chi connectivity index (χ1n) is 9.48. The Balaban J connectivity index is 1.59. The lowest BCUT2D eigenvalue weighted by atomic mass is 10.1. The molecule has 0 bridgehead atoms. The Morgan fingerprint density at radius 1 is 1.27 bits per heavy atom. The smallest absolute Gasteiger partial charge is 0.269 e. The molecule has 0 spiro atoms.